The van der Waals surface area contributed by atoms with Crippen LogP contribution in [-0.2, 0) is 27.9 Å². The molecule has 0 amide bonds. The van der Waals surface area contributed by atoms with E-state index in [-0.39, 0.29) is 13.0 Å². The summed E-state index contributed by atoms with van der Waals surface area (Å²) in [4.78, 5) is 23.2. The first-order chi connectivity index (χ1) is 31.5. The molecule has 0 aromatic heterocycles. The summed E-state index contributed by atoms with van der Waals surface area (Å²) in [6, 6.07) is 0. The van der Waals surface area contributed by atoms with Gasteiger partial charge in [-0.15, -0.1) is 0 Å². The number of phosphoric ester groups is 1. The molecule has 0 radical (unpaired) electrons. The van der Waals surface area contributed by atoms with E-state index < -0.39 is 63.1 Å². The quantitative estimate of drug-likeness (QED) is 0.0147. The SMILES string of the molecule is CC/C=C\C/C=C\C/C=C\C/C=C\C/C=C\C/C=C\CCCCCOCC(COP(=O)(O)OC1C(O)C(O)C(O)C(O)C1O)OC(=O)CCCCCCCCCCCCCCCCCC. The number of hydrogen-bond donors (Lipinski definition) is 6. The highest BCUT2D eigenvalue weighted by Crippen LogP contribution is 2.47. The molecule has 0 aromatic carbocycles. The van der Waals surface area contributed by atoms with Gasteiger partial charge in [-0.2, -0.15) is 0 Å². The zero-order valence-corrected chi connectivity index (χ0v) is 41.2. The van der Waals surface area contributed by atoms with Gasteiger partial charge in [0.25, 0.3) is 0 Å². The van der Waals surface area contributed by atoms with Crippen molar-refractivity contribution in [1.82, 2.24) is 0 Å². The van der Waals surface area contributed by atoms with Crippen LogP contribution in [0.3, 0.4) is 0 Å². The second-order valence-electron chi connectivity index (χ2n) is 17.3. The van der Waals surface area contributed by atoms with Gasteiger partial charge in [0, 0.05) is 13.0 Å². The van der Waals surface area contributed by atoms with Gasteiger partial charge in [-0.1, -0.05) is 189 Å². The van der Waals surface area contributed by atoms with Crippen molar-refractivity contribution in [3.05, 3.63) is 72.9 Å². The second-order valence-corrected chi connectivity index (χ2v) is 18.7. The Morgan fingerprint density at radius 1 is 0.508 bits per heavy atom. The number of aliphatic hydroxyl groups excluding tert-OH is 5. The highest BCUT2D eigenvalue weighted by Gasteiger charge is 2.51. The van der Waals surface area contributed by atoms with Gasteiger partial charge in [0.05, 0.1) is 13.2 Å². The van der Waals surface area contributed by atoms with Crippen LogP contribution in [0.4, 0.5) is 0 Å². The van der Waals surface area contributed by atoms with Crippen molar-refractivity contribution in [3.63, 3.8) is 0 Å². The monoisotopic (exact) mass is 939 g/mol. The lowest BCUT2D eigenvalue weighted by atomic mass is 9.85. The van der Waals surface area contributed by atoms with Crippen molar-refractivity contribution >= 4 is 13.8 Å². The third-order valence-electron chi connectivity index (χ3n) is 11.3. The lowest BCUT2D eigenvalue weighted by Crippen LogP contribution is -2.64. The summed E-state index contributed by atoms with van der Waals surface area (Å²) in [5.41, 5.74) is 0. The molecular weight excluding hydrogens is 848 g/mol. The molecule has 1 saturated carbocycles. The molecule has 0 aliphatic heterocycles. The standard InChI is InChI=1S/C52H91O12P/c1-3-5-7-9-11-13-15-17-19-21-22-23-24-25-26-28-30-32-34-36-38-40-42-61-43-45(44-62-65(59,60)64-52-50(57)48(55)47(54)49(56)51(52)58)63-46(53)41-39-37-35-33-31-29-27-20-18-16-14-12-10-8-6-4-2/h5,7,11,13,17,19,22-23,25-26,30,32,45,47-52,54-58H,3-4,6,8-10,12,14-16,18,20-21,24,27-29,31,33-44H2,1-2H3,(H,59,60)/b7-5-,13-11-,19-17-,23-22-,26-25-,32-30-. The Labute approximate surface area is 393 Å². The average Bonchev–Trinajstić information content (AvgIpc) is 3.29. The van der Waals surface area contributed by atoms with Gasteiger partial charge in [0.1, 0.15) is 42.7 Å². The van der Waals surface area contributed by atoms with E-state index in [0.29, 0.717) is 13.0 Å². The fourth-order valence-electron chi connectivity index (χ4n) is 7.36. The molecule has 0 spiro atoms. The molecule has 376 valence electrons. The van der Waals surface area contributed by atoms with E-state index in [2.05, 4.69) is 86.8 Å². The minimum absolute atomic E-state index is 0.101. The zero-order chi connectivity index (χ0) is 47.6. The van der Waals surface area contributed by atoms with Gasteiger partial charge in [0.2, 0.25) is 0 Å². The topological polar surface area (TPSA) is 192 Å². The predicted octanol–water partition coefficient (Wildman–Crippen LogP) is 11.1. The third kappa shape index (κ3) is 33.8. The Balaban J connectivity index is 2.39. The highest BCUT2D eigenvalue weighted by atomic mass is 31.2. The van der Waals surface area contributed by atoms with Crippen molar-refractivity contribution in [3.8, 4) is 0 Å². The smallest absolute Gasteiger partial charge is 0.457 e. The van der Waals surface area contributed by atoms with E-state index in [9.17, 15) is 39.8 Å². The summed E-state index contributed by atoms with van der Waals surface area (Å²) >= 11 is 0. The minimum Gasteiger partial charge on any atom is -0.457 e. The molecule has 1 aliphatic rings. The van der Waals surface area contributed by atoms with E-state index in [1.54, 1.807) is 0 Å². The molecule has 1 fully saturated rings. The summed E-state index contributed by atoms with van der Waals surface area (Å²) in [5.74, 6) is -0.490. The van der Waals surface area contributed by atoms with E-state index in [1.165, 1.54) is 77.0 Å². The maximum Gasteiger partial charge on any atom is 0.472 e. The highest BCUT2D eigenvalue weighted by molar-refractivity contribution is 7.47. The Hall–Kier alpha value is -2.22. The van der Waals surface area contributed by atoms with Crippen molar-refractivity contribution < 1.29 is 58.3 Å². The molecule has 1 aliphatic carbocycles. The first kappa shape index (κ1) is 60.8. The van der Waals surface area contributed by atoms with Crippen molar-refractivity contribution in [1.29, 1.82) is 0 Å². The van der Waals surface area contributed by atoms with Gasteiger partial charge in [-0.25, -0.2) is 4.57 Å². The number of aliphatic hydroxyl groups is 5. The molecule has 0 saturated heterocycles. The van der Waals surface area contributed by atoms with Crippen molar-refractivity contribution in [2.45, 2.75) is 230 Å². The maximum atomic E-state index is 12.8. The molecule has 0 heterocycles. The predicted molar refractivity (Wildman–Crippen MR) is 262 cm³/mol. The Morgan fingerprint density at radius 3 is 1.37 bits per heavy atom. The second kappa shape index (κ2) is 41.9. The van der Waals surface area contributed by atoms with Crippen molar-refractivity contribution in [2.24, 2.45) is 0 Å². The normalized spacial score (nSPS) is 22.2. The number of ether oxygens (including phenoxy) is 2. The van der Waals surface area contributed by atoms with Crippen LogP contribution in [0, 0.1) is 0 Å². The Kier molecular flexibility index (Phi) is 39.2. The fraction of sp³-hybridized carbons (Fsp3) is 0.750. The molecule has 12 nitrogen and oxygen atoms in total. The number of carbonyl (C=O) groups is 1. The van der Waals surface area contributed by atoms with Gasteiger partial charge in [-0.05, 0) is 64.2 Å². The Bertz CT molecular complexity index is 1350. The van der Waals surface area contributed by atoms with Gasteiger partial charge in [0.15, 0.2) is 0 Å². The van der Waals surface area contributed by atoms with Gasteiger partial charge in [-0.3, -0.25) is 13.8 Å². The minimum atomic E-state index is -5.03. The molecule has 0 bridgehead atoms. The molecule has 0 aromatic rings. The number of rotatable bonds is 42. The summed E-state index contributed by atoms with van der Waals surface area (Å²) < 4.78 is 34.2. The number of carbonyl (C=O) groups excluding carboxylic acids is 1. The maximum absolute atomic E-state index is 12.8. The van der Waals surface area contributed by atoms with Crippen molar-refractivity contribution in [2.75, 3.05) is 19.8 Å². The number of esters is 1. The molecule has 1 rings (SSSR count). The number of phosphoric acid groups is 1. The summed E-state index contributed by atoms with van der Waals surface area (Å²) in [5, 5.41) is 50.3. The van der Waals surface area contributed by atoms with Gasteiger partial charge >= 0.3 is 13.8 Å². The van der Waals surface area contributed by atoms with E-state index in [4.69, 9.17) is 18.5 Å². The van der Waals surface area contributed by atoms with Gasteiger partial charge < -0.3 is 39.9 Å². The molecule has 65 heavy (non-hydrogen) atoms. The average molecular weight is 939 g/mol. The van der Waals surface area contributed by atoms with Crippen LogP contribution in [0.5, 0.6) is 0 Å². The van der Waals surface area contributed by atoms with Crippen LogP contribution in [0.15, 0.2) is 72.9 Å². The van der Waals surface area contributed by atoms with E-state index in [1.807, 2.05) is 0 Å². The fourth-order valence-corrected chi connectivity index (χ4v) is 8.33. The lowest BCUT2D eigenvalue weighted by molar-refractivity contribution is -0.220. The Morgan fingerprint density at radius 2 is 0.908 bits per heavy atom. The van der Waals surface area contributed by atoms with Crippen LogP contribution in [0.1, 0.15) is 187 Å². The molecule has 6 atom stereocenters. The van der Waals surface area contributed by atoms with Crippen LogP contribution in [-0.4, -0.2) is 98.9 Å². The largest absolute Gasteiger partial charge is 0.472 e. The summed E-state index contributed by atoms with van der Waals surface area (Å²) in [6.45, 7) is 4.08. The molecular formula is C52H91O12P. The van der Waals surface area contributed by atoms with E-state index in [0.717, 1.165) is 83.5 Å². The van der Waals surface area contributed by atoms with Crippen LogP contribution in [0.2, 0.25) is 0 Å². The first-order valence-corrected chi connectivity index (χ1v) is 26.8. The number of allylic oxidation sites excluding steroid dienone is 12. The summed E-state index contributed by atoms with van der Waals surface area (Å²) in [6.07, 6.45) is 42.5. The van der Waals surface area contributed by atoms with Crippen LogP contribution < -0.4 is 0 Å². The molecule has 6 unspecified atom stereocenters. The molecule has 13 heteroatoms. The number of hydrogen-bond acceptors (Lipinski definition) is 11. The summed E-state index contributed by atoms with van der Waals surface area (Å²) in [7, 11) is -5.03. The van der Waals surface area contributed by atoms with Crippen LogP contribution >= 0.6 is 7.82 Å². The number of unbranched alkanes of at least 4 members (excludes halogenated alkanes) is 18. The zero-order valence-electron chi connectivity index (χ0n) is 40.3. The lowest BCUT2D eigenvalue weighted by Gasteiger charge is -2.41. The van der Waals surface area contributed by atoms with Crippen LogP contribution in [0.25, 0.3) is 0 Å². The molecule has 6 N–H and O–H groups in total. The third-order valence-corrected chi connectivity index (χ3v) is 12.3. The van der Waals surface area contributed by atoms with E-state index >= 15 is 0 Å². The first-order valence-electron chi connectivity index (χ1n) is 25.3.